The van der Waals surface area contributed by atoms with Crippen LogP contribution in [0.1, 0.15) is 37.8 Å². The third kappa shape index (κ3) is 4.42. The van der Waals surface area contributed by atoms with Gasteiger partial charge >= 0.3 is 0 Å². The number of amides is 1. The molecule has 0 bridgehead atoms. The molecule has 0 spiro atoms. The summed E-state index contributed by atoms with van der Waals surface area (Å²) >= 11 is 6.38. The molecule has 2 saturated heterocycles. The molecule has 0 saturated carbocycles. The molecule has 24 heavy (non-hydrogen) atoms. The van der Waals surface area contributed by atoms with E-state index in [-0.39, 0.29) is 24.4 Å². The Hall–Kier alpha value is -0.810. The summed E-state index contributed by atoms with van der Waals surface area (Å²) in [5.41, 5.74) is 1.11. The molecule has 0 radical (unpaired) electrons. The van der Waals surface area contributed by atoms with Gasteiger partial charge in [-0.25, -0.2) is 0 Å². The van der Waals surface area contributed by atoms with Gasteiger partial charge in [0.15, 0.2) is 0 Å². The third-order valence-corrected chi connectivity index (χ3v) is 5.42. The molecule has 2 fully saturated rings. The second kappa shape index (κ2) is 9.04. The van der Waals surface area contributed by atoms with Crippen molar-refractivity contribution in [2.45, 2.75) is 38.3 Å². The highest BCUT2D eigenvalue weighted by molar-refractivity contribution is 6.31. The zero-order chi connectivity index (χ0) is 16.2. The fourth-order valence-corrected chi connectivity index (χ4v) is 3.98. The number of piperazine rings is 1. The van der Waals surface area contributed by atoms with E-state index >= 15 is 0 Å². The monoisotopic (exact) mass is 371 g/mol. The average molecular weight is 372 g/mol. The Morgan fingerprint density at radius 1 is 1.29 bits per heavy atom. The van der Waals surface area contributed by atoms with E-state index in [9.17, 15) is 4.79 Å². The van der Waals surface area contributed by atoms with E-state index in [0.717, 1.165) is 49.6 Å². The summed E-state index contributed by atoms with van der Waals surface area (Å²) in [6.07, 6.45) is 3.49. The van der Waals surface area contributed by atoms with Crippen LogP contribution in [0.5, 0.6) is 0 Å². The second-order valence-electron chi connectivity index (χ2n) is 6.64. The minimum absolute atomic E-state index is 0. The number of rotatable bonds is 3. The maximum atomic E-state index is 12.8. The number of benzene rings is 1. The molecule has 4 nitrogen and oxygen atoms in total. The van der Waals surface area contributed by atoms with Crippen LogP contribution in [0.25, 0.3) is 0 Å². The number of hydrogen-bond donors (Lipinski definition) is 1. The lowest BCUT2D eigenvalue weighted by Gasteiger charge is -2.39. The molecule has 2 atom stereocenters. The Bertz CT molecular complexity index is 555. The molecule has 2 aliphatic heterocycles. The van der Waals surface area contributed by atoms with Gasteiger partial charge in [0.05, 0.1) is 6.54 Å². The summed E-state index contributed by atoms with van der Waals surface area (Å²) in [7, 11) is 0. The summed E-state index contributed by atoms with van der Waals surface area (Å²) in [5, 5.41) is 4.21. The van der Waals surface area contributed by atoms with Gasteiger partial charge in [-0.3, -0.25) is 9.69 Å². The largest absolute Gasteiger partial charge is 0.339 e. The smallest absolute Gasteiger partial charge is 0.237 e. The summed E-state index contributed by atoms with van der Waals surface area (Å²) in [4.78, 5) is 17.1. The van der Waals surface area contributed by atoms with Crippen molar-refractivity contribution in [1.29, 1.82) is 0 Å². The molecular formula is C18H27Cl2N3O. The summed E-state index contributed by atoms with van der Waals surface area (Å²) in [6.45, 7) is 6.20. The number of carbonyl (C=O) groups excluding carboxylic acids is 1. The van der Waals surface area contributed by atoms with E-state index < -0.39 is 0 Å². The first kappa shape index (κ1) is 19.5. The zero-order valence-corrected chi connectivity index (χ0v) is 15.8. The van der Waals surface area contributed by atoms with Crippen molar-refractivity contribution >= 4 is 29.9 Å². The Labute approximate surface area is 155 Å². The third-order valence-electron chi connectivity index (χ3n) is 5.08. The van der Waals surface area contributed by atoms with Gasteiger partial charge in [0, 0.05) is 43.3 Å². The summed E-state index contributed by atoms with van der Waals surface area (Å²) in [6, 6.07) is 8.51. The van der Waals surface area contributed by atoms with Crippen LogP contribution in [-0.2, 0) is 4.79 Å². The van der Waals surface area contributed by atoms with Gasteiger partial charge in [0.25, 0.3) is 0 Å². The SMILES string of the molecule is CC1CCCCN1C(=O)CN1CCNCC1c1ccccc1Cl.Cl. The fraction of sp³-hybridized carbons (Fsp3) is 0.611. The molecule has 6 heteroatoms. The number of likely N-dealkylation sites (tertiary alicyclic amines) is 1. The van der Waals surface area contributed by atoms with E-state index in [1.807, 2.05) is 18.2 Å². The molecule has 134 valence electrons. The second-order valence-corrected chi connectivity index (χ2v) is 7.05. The maximum absolute atomic E-state index is 12.8. The first-order valence-corrected chi connectivity index (χ1v) is 9.03. The highest BCUT2D eigenvalue weighted by atomic mass is 35.5. The normalized spacial score (nSPS) is 25.2. The first-order chi connectivity index (χ1) is 11.2. The predicted octanol–water partition coefficient (Wildman–Crippen LogP) is 3.11. The topological polar surface area (TPSA) is 35.6 Å². The van der Waals surface area contributed by atoms with Crippen molar-refractivity contribution in [3.63, 3.8) is 0 Å². The lowest BCUT2D eigenvalue weighted by atomic mass is 10.0. The van der Waals surface area contributed by atoms with Crippen LogP contribution in [-0.4, -0.2) is 54.5 Å². The molecule has 3 rings (SSSR count). The van der Waals surface area contributed by atoms with Crippen LogP contribution < -0.4 is 5.32 Å². The van der Waals surface area contributed by atoms with Crippen LogP contribution in [0.2, 0.25) is 5.02 Å². The Morgan fingerprint density at radius 2 is 2.08 bits per heavy atom. The van der Waals surface area contributed by atoms with Crippen molar-refractivity contribution in [3.05, 3.63) is 34.9 Å². The average Bonchev–Trinajstić information content (AvgIpc) is 2.56. The van der Waals surface area contributed by atoms with Crippen molar-refractivity contribution in [2.75, 3.05) is 32.7 Å². The lowest BCUT2D eigenvalue weighted by Crippen LogP contribution is -2.52. The molecule has 1 N–H and O–H groups in total. The van der Waals surface area contributed by atoms with Gasteiger partial charge in [0.2, 0.25) is 5.91 Å². The van der Waals surface area contributed by atoms with Gasteiger partial charge in [-0.1, -0.05) is 29.8 Å². The number of halogens is 2. The Morgan fingerprint density at radius 3 is 2.83 bits per heavy atom. The van der Waals surface area contributed by atoms with Crippen molar-refractivity contribution in [2.24, 2.45) is 0 Å². The van der Waals surface area contributed by atoms with E-state index in [1.165, 1.54) is 6.42 Å². The molecule has 0 aliphatic carbocycles. The summed E-state index contributed by atoms with van der Waals surface area (Å²) < 4.78 is 0. The van der Waals surface area contributed by atoms with Gasteiger partial charge < -0.3 is 10.2 Å². The van der Waals surface area contributed by atoms with Crippen LogP contribution in [0.15, 0.2) is 24.3 Å². The molecule has 1 amide bonds. The lowest BCUT2D eigenvalue weighted by molar-refractivity contribution is -0.136. The number of nitrogens with one attached hydrogen (secondary N) is 1. The number of piperidine rings is 1. The van der Waals surface area contributed by atoms with Crippen molar-refractivity contribution < 1.29 is 4.79 Å². The van der Waals surface area contributed by atoms with Crippen LogP contribution in [0.4, 0.5) is 0 Å². The van der Waals surface area contributed by atoms with Crippen LogP contribution in [0, 0.1) is 0 Å². The van der Waals surface area contributed by atoms with Gasteiger partial charge in [-0.2, -0.15) is 0 Å². The molecule has 2 unspecified atom stereocenters. The highest BCUT2D eigenvalue weighted by Crippen LogP contribution is 2.28. The minimum atomic E-state index is 0. The highest BCUT2D eigenvalue weighted by Gasteiger charge is 2.30. The molecule has 2 aliphatic rings. The Kier molecular flexibility index (Phi) is 7.35. The Balaban J connectivity index is 0.00000208. The minimum Gasteiger partial charge on any atom is -0.339 e. The number of hydrogen-bond acceptors (Lipinski definition) is 3. The molecule has 1 aromatic carbocycles. The van der Waals surface area contributed by atoms with Gasteiger partial charge in [-0.05, 0) is 37.8 Å². The maximum Gasteiger partial charge on any atom is 0.237 e. The molecule has 2 heterocycles. The van der Waals surface area contributed by atoms with Crippen molar-refractivity contribution in [3.8, 4) is 0 Å². The van der Waals surface area contributed by atoms with E-state index in [0.29, 0.717) is 12.6 Å². The van der Waals surface area contributed by atoms with Crippen LogP contribution in [0.3, 0.4) is 0 Å². The number of nitrogens with zero attached hydrogens (tertiary/aromatic N) is 2. The number of carbonyl (C=O) groups is 1. The van der Waals surface area contributed by atoms with Crippen molar-refractivity contribution in [1.82, 2.24) is 15.1 Å². The van der Waals surface area contributed by atoms with E-state index in [1.54, 1.807) is 0 Å². The quantitative estimate of drug-likeness (QED) is 0.886. The van der Waals surface area contributed by atoms with E-state index in [2.05, 4.69) is 28.1 Å². The van der Waals surface area contributed by atoms with Gasteiger partial charge in [0.1, 0.15) is 0 Å². The standard InChI is InChI=1S/C18H26ClN3O.ClH/c1-14-6-4-5-10-22(14)18(23)13-21-11-9-20-12-17(21)15-7-2-3-8-16(15)19;/h2-3,7-8,14,17,20H,4-6,9-13H2,1H3;1H. The van der Waals surface area contributed by atoms with Crippen LogP contribution >= 0.6 is 24.0 Å². The molecular weight excluding hydrogens is 345 g/mol. The molecule has 1 aromatic rings. The molecule has 0 aromatic heterocycles. The fourth-order valence-electron chi connectivity index (χ4n) is 3.72. The summed E-state index contributed by atoms with van der Waals surface area (Å²) in [5.74, 6) is 0.260. The van der Waals surface area contributed by atoms with Gasteiger partial charge in [-0.15, -0.1) is 12.4 Å². The predicted molar refractivity (Wildman–Crippen MR) is 101 cm³/mol. The zero-order valence-electron chi connectivity index (χ0n) is 14.2. The first-order valence-electron chi connectivity index (χ1n) is 8.65. The van der Waals surface area contributed by atoms with E-state index in [4.69, 9.17) is 11.6 Å².